The van der Waals surface area contributed by atoms with Crippen molar-refractivity contribution in [3.63, 3.8) is 0 Å². The van der Waals surface area contributed by atoms with Gasteiger partial charge in [-0.3, -0.25) is 0 Å². The molecule has 3 N–H and O–H groups in total. The third-order valence-electron chi connectivity index (χ3n) is 1.55. The molecule has 92 valence electrons. The van der Waals surface area contributed by atoms with E-state index in [9.17, 15) is 9.59 Å². The highest BCUT2D eigenvalue weighted by molar-refractivity contribution is 5.85. The van der Waals surface area contributed by atoms with Crippen LogP contribution in [0.15, 0.2) is 24.3 Å². The fourth-order valence-corrected chi connectivity index (χ4v) is 0.557. The van der Waals surface area contributed by atoms with E-state index in [0.29, 0.717) is 19.3 Å². The van der Waals surface area contributed by atoms with Crippen molar-refractivity contribution in [2.75, 3.05) is 6.61 Å². The summed E-state index contributed by atoms with van der Waals surface area (Å²) in [6.07, 6.45) is 1.81. The van der Waals surface area contributed by atoms with Crippen LogP contribution in [0.4, 0.5) is 0 Å². The minimum Gasteiger partial charge on any atom is -0.478 e. The van der Waals surface area contributed by atoms with E-state index in [1.165, 1.54) is 6.92 Å². The summed E-state index contributed by atoms with van der Waals surface area (Å²) in [7, 11) is 0. The molecule has 0 unspecified atom stereocenters. The van der Waals surface area contributed by atoms with Crippen molar-refractivity contribution in [3.05, 3.63) is 24.3 Å². The van der Waals surface area contributed by atoms with Gasteiger partial charge in [0.1, 0.15) is 0 Å². The molecule has 0 atom stereocenters. The molecule has 0 radical (unpaired) electrons. The summed E-state index contributed by atoms with van der Waals surface area (Å²) in [5.74, 6) is -1.88. The van der Waals surface area contributed by atoms with Gasteiger partial charge in [-0.1, -0.05) is 13.2 Å². The Labute approximate surface area is 94.7 Å². The Morgan fingerprint density at radius 2 is 1.50 bits per heavy atom. The second-order valence-corrected chi connectivity index (χ2v) is 3.17. The zero-order valence-electron chi connectivity index (χ0n) is 9.40. The average molecular weight is 230 g/mol. The molecular formula is C11H18O5. The van der Waals surface area contributed by atoms with E-state index < -0.39 is 11.9 Å². The molecule has 0 heterocycles. The molecular weight excluding hydrogens is 212 g/mol. The number of hydrogen-bond acceptors (Lipinski definition) is 3. The van der Waals surface area contributed by atoms with Crippen LogP contribution in [0, 0.1) is 0 Å². The van der Waals surface area contributed by atoms with Crippen molar-refractivity contribution in [1.29, 1.82) is 0 Å². The summed E-state index contributed by atoms with van der Waals surface area (Å²) in [4.78, 5) is 19.7. The maximum Gasteiger partial charge on any atom is 0.330 e. The highest BCUT2D eigenvalue weighted by atomic mass is 16.4. The van der Waals surface area contributed by atoms with Gasteiger partial charge in [0.25, 0.3) is 0 Å². The molecule has 16 heavy (non-hydrogen) atoms. The highest BCUT2D eigenvalue weighted by Gasteiger charge is 2.01. The normalized spacial score (nSPS) is 8.62. The van der Waals surface area contributed by atoms with Crippen LogP contribution in [0.3, 0.4) is 0 Å². The first kappa shape index (κ1) is 16.8. The van der Waals surface area contributed by atoms with Gasteiger partial charge in [0.15, 0.2) is 0 Å². The van der Waals surface area contributed by atoms with Gasteiger partial charge in [0.2, 0.25) is 0 Å². The SMILES string of the molecule is C=C(C)C(=O)O.C=C(CCCCO)C(=O)O. The Hall–Kier alpha value is -1.62. The number of aliphatic hydroxyl groups is 1. The number of aliphatic hydroxyl groups excluding tert-OH is 1. The first-order valence-corrected chi connectivity index (χ1v) is 4.73. The van der Waals surface area contributed by atoms with Gasteiger partial charge in [0.05, 0.1) is 0 Å². The van der Waals surface area contributed by atoms with Gasteiger partial charge >= 0.3 is 11.9 Å². The zero-order valence-corrected chi connectivity index (χ0v) is 9.40. The van der Waals surface area contributed by atoms with Crippen LogP contribution in [0.1, 0.15) is 26.2 Å². The standard InChI is InChI=1S/C7H12O3.C4H6O2/c1-6(7(9)10)4-2-3-5-8;1-3(2)4(5)6/h8H,1-5H2,(H,9,10);1H2,2H3,(H,5,6). The Morgan fingerprint density at radius 3 is 1.75 bits per heavy atom. The molecule has 0 aromatic heterocycles. The predicted octanol–water partition coefficient (Wildman–Crippen LogP) is 1.44. The zero-order chi connectivity index (χ0) is 13.1. The predicted molar refractivity (Wildman–Crippen MR) is 60.2 cm³/mol. The number of carboxylic acid groups (broad SMARTS) is 2. The van der Waals surface area contributed by atoms with Gasteiger partial charge in [0, 0.05) is 17.8 Å². The van der Waals surface area contributed by atoms with Crippen molar-refractivity contribution in [1.82, 2.24) is 0 Å². The topological polar surface area (TPSA) is 94.8 Å². The Balaban J connectivity index is 0. The van der Waals surface area contributed by atoms with Crippen LogP contribution in [0.5, 0.6) is 0 Å². The van der Waals surface area contributed by atoms with Crippen molar-refractivity contribution >= 4 is 11.9 Å². The van der Waals surface area contributed by atoms with Crippen LogP contribution < -0.4 is 0 Å². The summed E-state index contributed by atoms with van der Waals surface area (Å²) >= 11 is 0. The number of aliphatic carboxylic acids is 2. The lowest BCUT2D eigenvalue weighted by atomic mass is 10.1. The molecule has 0 aliphatic carbocycles. The molecule has 5 nitrogen and oxygen atoms in total. The highest BCUT2D eigenvalue weighted by Crippen LogP contribution is 2.03. The number of hydrogen-bond donors (Lipinski definition) is 3. The number of unbranched alkanes of at least 4 members (excludes halogenated alkanes) is 1. The second kappa shape index (κ2) is 9.92. The number of carbonyl (C=O) groups is 2. The molecule has 0 saturated heterocycles. The fourth-order valence-electron chi connectivity index (χ4n) is 0.557. The van der Waals surface area contributed by atoms with Gasteiger partial charge in [-0.25, -0.2) is 9.59 Å². The monoisotopic (exact) mass is 230 g/mol. The molecule has 0 aliphatic heterocycles. The van der Waals surface area contributed by atoms with E-state index in [1.807, 2.05) is 0 Å². The lowest BCUT2D eigenvalue weighted by Crippen LogP contribution is -1.98. The summed E-state index contributed by atoms with van der Waals surface area (Å²) in [5.41, 5.74) is 0.392. The summed E-state index contributed by atoms with van der Waals surface area (Å²) in [5, 5.41) is 24.6. The minimum absolute atomic E-state index is 0.118. The van der Waals surface area contributed by atoms with Crippen molar-refractivity contribution in [3.8, 4) is 0 Å². The van der Waals surface area contributed by atoms with Crippen LogP contribution >= 0.6 is 0 Å². The summed E-state index contributed by atoms with van der Waals surface area (Å²) in [6.45, 7) is 8.06. The largest absolute Gasteiger partial charge is 0.478 e. The van der Waals surface area contributed by atoms with Crippen LogP contribution in [0.25, 0.3) is 0 Å². The van der Waals surface area contributed by atoms with Crippen molar-refractivity contribution < 1.29 is 24.9 Å². The average Bonchev–Trinajstić information content (AvgIpc) is 2.18. The van der Waals surface area contributed by atoms with Crippen molar-refractivity contribution in [2.45, 2.75) is 26.2 Å². The first-order chi connectivity index (χ1) is 7.32. The molecule has 0 aromatic rings. The molecule has 0 bridgehead atoms. The van der Waals surface area contributed by atoms with Gasteiger partial charge in [-0.15, -0.1) is 0 Å². The van der Waals surface area contributed by atoms with E-state index >= 15 is 0 Å². The Bertz CT molecular complexity index is 256. The molecule has 0 aliphatic rings. The molecule has 0 rings (SSSR count). The van der Waals surface area contributed by atoms with Gasteiger partial charge < -0.3 is 15.3 Å². The molecule has 0 fully saturated rings. The van der Waals surface area contributed by atoms with Gasteiger partial charge in [-0.05, 0) is 26.2 Å². The fraction of sp³-hybridized carbons (Fsp3) is 0.455. The van der Waals surface area contributed by atoms with Crippen LogP contribution in [0.2, 0.25) is 0 Å². The lowest BCUT2D eigenvalue weighted by Gasteiger charge is -1.96. The molecule has 0 aromatic carbocycles. The van der Waals surface area contributed by atoms with E-state index in [-0.39, 0.29) is 17.8 Å². The van der Waals surface area contributed by atoms with Gasteiger partial charge in [-0.2, -0.15) is 0 Å². The smallest absolute Gasteiger partial charge is 0.330 e. The van der Waals surface area contributed by atoms with E-state index in [2.05, 4.69) is 13.2 Å². The van der Waals surface area contributed by atoms with Crippen LogP contribution in [-0.4, -0.2) is 33.9 Å². The minimum atomic E-state index is -0.946. The van der Waals surface area contributed by atoms with E-state index in [0.717, 1.165) is 0 Å². The summed E-state index contributed by atoms with van der Waals surface area (Å²) < 4.78 is 0. The van der Waals surface area contributed by atoms with Crippen molar-refractivity contribution in [2.24, 2.45) is 0 Å². The third-order valence-corrected chi connectivity index (χ3v) is 1.55. The number of carboxylic acids is 2. The van der Waals surface area contributed by atoms with E-state index in [4.69, 9.17) is 15.3 Å². The van der Waals surface area contributed by atoms with Crippen LogP contribution in [-0.2, 0) is 9.59 Å². The van der Waals surface area contributed by atoms with E-state index in [1.54, 1.807) is 0 Å². The maximum absolute atomic E-state index is 10.1. The maximum atomic E-state index is 10.1. The Kier molecular flexibility index (Phi) is 10.4. The Morgan fingerprint density at radius 1 is 1.06 bits per heavy atom. The molecule has 0 spiro atoms. The second-order valence-electron chi connectivity index (χ2n) is 3.17. The summed E-state index contributed by atoms with van der Waals surface area (Å²) in [6, 6.07) is 0. The molecule has 5 heteroatoms. The lowest BCUT2D eigenvalue weighted by molar-refractivity contribution is -0.133. The quantitative estimate of drug-likeness (QED) is 0.474. The number of rotatable bonds is 6. The third kappa shape index (κ3) is 12.4. The molecule has 0 saturated carbocycles. The molecule has 0 amide bonds. The first-order valence-electron chi connectivity index (χ1n) is 4.73.